The van der Waals surface area contributed by atoms with Crippen LogP contribution in [-0.2, 0) is 16.8 Å². The second kappa shape index (κ2) is 7.12. The van der Waals surface area contributed by atoms with Crippen LogP contribution in [-0.4, -0.2) is 91.2 Å². The molecule has 3 heterocycles. The third kappa shape index (κ3) is 3.92. The van der Waals surface area contributed by atoms with E-state index in [4.69, 9.17) is 0 Å². The fourth-order valence-electron chi connectivity index (χ4n) is 2.98. The first kappa shape index (κ1) is 17.2. The van der Waals surface area contributed by atoms with Gasteiger partial charge in [-0.1, -0.05) is 0 Å². The molecule has 0 saturated carbocycles. The minimum Gasteiger partial charge on any atom is -0.304 e. The Hall–Kier alpha value is -0.580. The molecule has 130 valence electrons. The molecular weight excluding hydrogens is 334 g/mol. The van der Waals surface area contributed by atoms with Crippen LogP contribution in [0.3, 0.4) is 0 Å². The normalized spacial score (nSPS) is 23.4. The molecule has 7 nitrogen and oxygen atoms in total. The van der Waals surface area contributed by atoms with Crippen molar-refractivity contribution in [2.75, 3.05) is 59.4 Å². The van der Waals surface area contributed by atoms with Crippen molar-refractivity contribution >= 4 is 21.5 Å². The summed E-state index contributed by atoms with van der Waals surface area (Å²) < 4.78 is 28.7. The Balaban J connectivity index is 1.55. The average Bonchev–Trinajstić information content (AvgIpc) is 2.93. The maximum absolute atomic E-state index is 12.7. The molecule has 3 rings (SSSR count). The van der Waals surface area contributed by atoms with Crippen LogP contribution in [0.2, 0.25) is 0 Å². The van der Waals surface area contributed by atoms with Crippen LogP contribution in [0.25, 0.3) is 0 Å². The molecule has 2 fully saturated rings. The van der Waals surface area contributed by atoms with Gasteiger partial charge in [-0.2, -0.15) is 17.0 Å². The van der Waals surface area contributed by atoms with E-state index in [9.17, 15) is 8.42 Å². The predicted molar refractivity (Wildman–Crippen MR) is 91.7 cm³/mol. The number of hydrogen-bond donors (Lipinski definition) is 0. The van der Waals surface area contributed by atoms with Gasteiger partial charge in [-0.15, -0.1) is 11.3 Å². The summed E-state index contributed by atoms with van der Waals surface area (Å²) >= 11 is 1.67. The first-order chi connectivity index (χ1) is 11.0. The highest BCUT2D eigenvalue weighted by Crippen LogP contribution is 2.18. The van der Waals surface area contributed by atoms with Gasteiger partial charge in [0.2, 0.25) is 0 Å². The van der Waals surface area contributed by atoms with Gasteiger partial charge in [0.15, 0.2) is 0 Å². The lowest BCUT2D eigenvalue weighted by Gasteiger charge is -2.39. The van der Waals surface area contributed by atoms with E-state index in [1.165, 1.54) is 4.88 Å². The molecule has 2 saturated heterocycles. The lowest BCUT2D eigenvalue weighted by Crippen LogP contribution is -2.56. The molecule has 0 atom stereocenters. The summed E-state index contributed by atoms with van der Waals surface area (Å²) in [7, 11) is -1.27. The zero-order valence-electron chi connectivity index (χ0n) is 13.8. The SMILES string of the molecule is Cc1ncsc1CN1CCN(S(=O)(=O)N2CCN(C)CC2)CC1. The highest BCUT2D eigenvalue weighted by Gasteiger charge is 2.33. The van der Waals surface area contributed by atoms with Gasteiger partial charge in [-0.25, -0.2) is 4.98 Å². The standard InChI is InChI=1S/C14H25N5O2S2/c1-13-14(22-12-15-13)11-17-5-9-19(10-6-17)23(20,21)18-7-3-16(2)4-8-18/h12H,3-11H2,1-2H3. The molecule has 0 bridgehead atoms. The number of thiazole rings is 1. The van der Waals surface area contributed by atoms with E-state index in [1.807, 2.05) is 19.5 Å². The molecule has 0 N–H and O–H groups in total. The van der Waals surface area contributed by atoms with Gasteiger partial charge < -0.3 is 4.90 Å². The fourth-order valence-corrected chi connectivity index (χ4v) is 5.38. The summed E-state index contributed by atoms with van der Waals surface area (Å²) in [6.45, 7) is 8.43. The second-order valence-electron chi connectivity index (χ2n) is 6.25. The van der Waals surface area contributed by atoms with E-state index < -0.39 is 10.2 Å². The Morgan fingerprint density at radius 2 is 1.61 bits per heavy atom. The van der Waals surface area contributed by atoms with Crippen molar-refractivity contribution in [3.63, 3.8) is 0 Å². The quantitative estimate of drug-likeness (QED) is 0.761. The lowest BCUT2D eigenvalue weighted by molar-refractivity contribution is 0.165. The van der Waals surface area contributed by atoms with Gasteiger partial charge in [-0.3, -0.25) is 4.90 Å². The number of aromatic nitrogens is 1. The Labute approximate surface area is 142 Å². The van der Waals surface area contributed by atoms with Crippen molar-refractivity contribution in [1.82, 2.24) is 23.4 Å². The topological polar surface area (TPSA) is 60.0 Å². The minimum atomic E-state index is -3.30. The summed E-state index contributed by atoms with van der Waals surface area (Å²) in [5.41, 5.74) is 2.96. The van der Waals surface area contributed by atoms with Crippen molar-refractivity contribution in [2.24, 2.45) is 0 Å². The van der Waals surface area contributed by atoms with E-state index in [0.29, 0.717) is 26.2 Å². The highest BCUT2D eigenvalue weighted by molar-refractivity contribution is 7.86. The van der Waals surface area contributed by atoms with Crippen molar-refractivity contribution in [3.8, 4) is 0 Å². The van der Waals surface area contributed by atoms with Crippen molar-refractivity contribution in [2.45, 2.75) is 13.5 Å². The molecule has 0 amide bonds. The fraction of sp³-hybridized carbons (Fsp3) is 0.786. The van der Waals surface area contributed by atoms with Gasteiger partial charge in [0.25, 0.3) is 10.2 Å². The monoisotopic (exact) mass is 359 g/mol. The molecule has 23 heavy (non-hydrogen) atoms. The number of piperazine rings is 2. The molecule has 0 radical (unpaired) electrons. The largest absolute Gasteiger partial charge is 0.304 e. The Morgan fingerprint density at radius 1 is 1.04 bits per heavy atom. The number of likely N-dealkylation sites (N-methyl/N-ethyl adjacent to an activating group) is 1. The van der Waals surface area contributed by atoms with Gasteiger partial charge in [0, 0.05) is 63.8 Å². The summed E-state index contributed by atoms with van der Waals surface area (Å²) in [4.78, 5) is 10.0. The van der Waals surface area contributed by atoms with E-state index in [-0.39, 0.29) is 0 Å². The van der Waals surface area contributed by atoms with Crippen LogP contribution < -0.4 is 0 Å². The van der Waals surface area contributed by atoms with Crippen molar-refractivity contribution < 1.29 is 8.42 Å². The average molecular weight is 360 g/mol. The lowest BCUT2D eigenvalue weighted by atomic mass is 10.3. The number of nitrogens with zero attached hydrogens (tertiary/aromatic N) is 5. The zero-order valence-corrected chi connectivity index (χ0v) is 15.4. The maximum Gasteiger partial charge on any atom is 0.282 e. The van der Waals surface area contributed by atoms with Gasteiger partial charge in [-0.05, 0) is 14.0 Å². The van der Waals surface area contributed by atoms with E-state index >= 15 is 0 Å². The summed E-state index contributed by atoms with van der Waals surface area (Å²) in [5.74, 6) is 0. The molecule has 0 aliphatic carbocycles. The Bertz CT molecular complexity index is 617. The first-order valence-electron chi connectivity index (χ1n) is 8.02. The summed E-state index contributed by atoms with van der Waals surface area (Å²) in [5, 5.41) is 0. The molecule has 0 unspecified atom stereocenters. The van der Waals surface area contributed by atoms with Crippen LogP contribution in [0.5, 0.6) is 0 Å². The predicted octanol–water partition coefficient (Wildman–Crippen LogP) is 0.0613. The van der Waals surface area contributed by atoms with Crippen LogP contribution in [0.1, 0.15) is 10.6 Å². The highest BCUT2D eigenvalue weighted by atomic mass is 32.2. The van der Waals surface area contributed by atoms with Crippen LogP contribution in [0, 0.1) is 6.92 Å². The molecule has 9 heteroatoms. The van der Waals surface area contributed by atoms with Crippen molar-refractivity contribution in [1.29, 1.82) is 0 Å². The number of aryl methyl sites for hydroxylation is 1. The van der Waals surface area contributed by atoms with E-state index in [1.54, 1.807) is 19.9 Å². The number of rotatable bonds is 4. The molecule has 0 spiro atoms. The third-order valence-corrected chi connectivity index (χ3v) is 7.61. The third-order valence-electron chi connectivity index (χ3n) is 4.66. The minimum absolute atomic E-state index is 0.576. The molecule has 1 aromatic heterocycles. The smallest absolute Gasteiger partial charge is 0.282 e. The molecular formula is C14H25N5O2S2. The van der Waals surface area contributed by atoms with Crippen LogP contribution >= 0.6 is 11.3 Å². The van der Waals surface area contributed by atoms with E-state index in [0.717, 1.165) is 38.4 Å². The summed E-state index contributed by atoms with van der Waals surface area (Å²) in [6.07, 6.45) is 0. The molecule has 1 aromatic rings. The maximum atomic E-state index is 12.7. The molecule has 2 aliphatic rings. The number of hydrogen-bond acceptors (Lipinski definition) is 6. The molecule has 0 aromatic carbocycles. The van der Waals surface area contributed by atoms with Crippen LogP contribution in [0.4, 0.5) is 0 Å². The van der Waals surface area contributed by atoms with Crippen molar-refractivity contribution in [3.05, 3.63) is 16.1 Å². The summed E-state index contributed by atoms with van der Waals surface area (Å²) in [6, 6.07) is 0. The zero-order chi connectivity index (χ0) is 16.4. The molecule has 2 aliphatic heterocycles. The Kier molecular flexibility index (Phi) is 5.34. The van der Waals surface area contributed by atoms with E-state index in [2.05, 4.69) is 14.8 Å². The second-order valence-corrected chi connectivity index (χ2v) is 9.11. The van der Waals surface area contributed by atoms with Crippen LogP contribution in [0.15, 0.2) is 5.51 Å². The first-order valence-corrected chi connectivity index (χ1v) is 10.3. The Morgan fingerprint density at radius 3 is 2.13 bits per heavy atom. The van der Waals surface area contributed by atoms with Gasteiger partial charge in [0.05, 0.1) is 11.2 Å². The van der Waals surface area contributed by atoms with Gasteiger partial charge >= 0.3 is 0 Å². The van der Waals surface area contributed by atoms with Gasteiger partial charge in [0.1, 0.15) is 0 Å².